The lowest BCUT2D eigenvalue weighted by atomic mass is 9.96. The molecule has 0 saturated carbocycles. The summed E-state index contributed by atoms with van der Waals surface area (Å²) in [5.74, 6) is -6.86. The minimum atomic E-state index is -1.59. The molecule has 0 aliphatic rings. The first kappa shape index (κ1) is 15.0. The van der Waals surface area contributed by atoms with Gasteiger partial charge < -0.3 is 9.63 Å². The Kier molecular flexibility index (Phi) is 3.97. The Morgan fingerprint density at radius 1 is 1.24 bits per heavy atom. The van der Waals surface area contributed by atoms with E-state index in [1.165, 1.54) is 6.92 Å². The predicted octanol–water partition coefficient (Wildman–Crippen LogP) is 2.98. The number of hydrogen-bond donors (Lipinski definition) is 1. The number of nitrogens with zero attached hydrogens (tertiary/aromatic N) is 2. The van der Waals surface area contributed by atoms with Crippen LogP contribution in [0.5, 0.6) is 0 Å². The van der Waals surface area contributed by atoms with Gasteiger partial charge in [0.1, 0.15) is 0 Å². The first-order valence-electron chi connectivity index (χ1n) is 6.02. The fourth-order valence-electron chi connectivity index (χ4n) is 1.65. The molecule has 8 heteroatoms. The van der Waals surface area contributed by atoms with Crippen molar-refractivity contribution >= 4 is 5.97 Å². The van der Waals surface area contributed by atoms with Crippen LogP contribution in [0.2, 0.25) is 0 Å². The molecule has 5 nitrogen and oxygen atoms in total. The molecule has 2 atom stereocenters. The van der Waals surface area contributed by atoms with Crippen molar-refractivity contribution in [2.24, 2.45) is 5.92 Å². The highest BCUT2D eigenvalue weighted by atomic mass is 19.2. The Balaban J connectivity index is 2.34. The molecule has 112 valence electrons. The van der Waals surface area contributed by atoms with E-state index in [2.05, 4.69) is 10.1 Å². The highest BCUT2D eigenvalue weighted by molar-refractivity contribution is 5.70. The first-order valence-corrected chi connectivity index (χ1v) is 6.02. The summed E-state index contributed by atoms with van der Waals surface area (Å²) >= 11 is 0. The maximum Gasteiger partial charge on any atom is 0.307 e. The second kappa shape index (κ2) is 5.55. The van der Waals surface area contributed by atoms with Crippen LogP contribution in [0.15, 0.2) is 16.7 Å². The van der Waals surface area contributed by atoms with Crippen LogP contribution in [0.1, 0.15) is 25.7 Å². The van der Waals surface area contributed by atoms with Crippen molar-refractivity contribution in [3.05, 3.63) is 35.5 Å². The van der Waals surface area contributed by atoms with Gasteiger partial charge in [-0.1, -0.05) is 19.0 Å². The second-order valence-corrected chi connectivity index (χ2v) is 4.63. The van der Waals surface area contributed by atoms with Crippen LogP contribution in [0, 0.1) is 23.4 Å². The molecule has 0 aliphatic carbocycles. The summed E-state index contributed by atoms with van der Waals surface area (Å²) in [6.45, 7) is 3.04. The van der Waals surface area contributed by atoms with Crippen LogP contribution in [-0.4, -0.2) is 21.2 Å². The van der Waals surface area contributed by atoms with E-state index in [0.29, 0.717) is 0 Å². The summed E-state index contributed by atoms with van der Waals surface area (Å²) in [6.07, 6.45) is 0. The van der Waals surface area contributed by atoms with Gasteiger partial charge in [-0.25, -0.2) is 13.2 Å². The van der Waals surface area contributed by atoms with E-state index >= 15 is 0 Å². The zero-order valence-corrected chi connectivity index (χ0v) is 11.1. The van der Waals surface area contributed by atoms with Gasteiger partial charge >= 0.3 is 5.97 Å². The zero-order valence-electron chi connectivity index (χ0n) is 11.1. The third-order valence-electron chi connectivity index (χ3n) is 3.21. The quantitative estimate of drug-likeness (QED) is 0.878. The Hall–Kier alpha value is -2.38. The van der Waals surface area contributed by atoms with E-state index in [4.69, 9.17) is 9.63 Å². The molecule has 0 spiro atoms. The molecule has 0 aliphatic heterocycles. The lowest BCUT2D eigenvalue weighted by molar-refractivity contribution is -0.141. The highest BCUT2D eigenvalue weighted by Gasteiger charge is 2.26. The highest BCUT2D eigenvalue weighted by Crippen LogP contribution is 2.26. The fourth-order valence-corrected chi connectivity index (χ4v) is 1.65. The van der Waals surface area contributed by atoms with Gasteiger partial charge in [-0.05, 0) is 12.1 Å². The van der Waals surface area contributed by atoms with Gasteiger partial charge in [0.2, 0.25) is 11.7 Å². The molecule has 1 aromatic heterocycles. The summed E-state index contributed by atoms with van der Waals surface area (Å²) in [5.41, 5.74) is -0.100. The second-order valence-electron chi connectivity index (χ2n) is 4.63. The number of benzene rings is 1. The number of hydrogen-bond acceptors (Lipinski definition) is 4. The fraction of sp³-hybridized carbons (Fsp3) is 0.308. The van der Waals surface area contributed by atoms with Crippen molar-refractivity contribution in [3.63, 3.8) is 0 Å². The molecule has 2 rings (SSSR count). The summed E-state index contributed by atoms with van der Waals surface area (Å²) in [5, 5.41) is 12.4. The predicted molar refractivity (Wildman–Crippen MR) is 64.8 cm³/mol. The number of rotatable bonds is 4. The molecule has 1 N–H and O–H groups in total. The van der Waals surface area contributed by atoms with Crippen LogP contribution in [-0.2, 0) is 4.79 Å². The van der Waals surface area contributed by atoms with Gasteiger partial charge in [-0.15, -0.1) is 0 Å². The van der Waals surface area contributed by atoms with Crippen molar-refractivity contribution in [2.45, 2.75) is 19.8 Å². The molecule has 0 saturated heterocycles. The molecular formula is C13H11F3N2O3. The van der Waals surface area contributed by atoms with Crippen molar-refractivity contribution in [1.29, 1.82) is 0 Å². The van der Waals surface area contributed by atoms with Crippen LogP contribution in [0.25, 0.3) is 11.4 Å². The van der Waals surface area contributed by atoms with Gasteiger partial charge in [0.05, 0.1) is 5.92 Å². The van der Waals surface area contributed by atoms with Crippen molar-refractivity contribution in [2.75, 3.05) is 0 Å². The zero-order chi connectivity index (χ0) is 15.7. The molecule has 0 fully saturated rings. The number of carboxylic acid groups (broad SMARTS) is 1. The van der Waals surface area contributed by atoms with Gasteiger partial charge in [-0.2, -0.15) is 4.98 Å². The summed E-state index contributed by atoms with van der Waals surface area (Å²) < 4.78 is 44.1. The topological polar surface area (TPSA) is 76.2 Å². The SMILES string of the molecule is CC(C(=O)O)C(C)c1nc(-c2cc(F)c(F)c(F)c2)no1. The van der Waals surface area contributed by atoms with E-state index < -0.39 is 35.3 Å². The molecule has 2 unspecified atom stereocenters. The monoisotopic (exact) mass is 300 g/mol. The van der Waals surface area contributed by atoms with Gasteiger partial charge in [0, 0.05) is 11.5 Å². The summed E-state index contributed by atoms with van der Waals surface area (Å²) in [6, 6.07) is 1.47. The minimum absolute atomic E-state index is 0.0186. The van der Waals surface area contributed by atoms with E-state index in [0.717, 1.165) is 12.1 Å². The van der Waals surface area contributed by atoms with E-state index in [9.17, 15) is 18.0 Å². The molecule has 1 aromatic carbocycles. The molecule has 21 heavy (non-hydrogen) atoms. The average molecular weight is 300 g/mol. The maximum absolute atomic E-state index is 13.1. The average Bonchev–Trinajstić information content (AvgIpc) is 2.92. The molecule has 0 bridgehead atoms. The Morgan fingerprint density at radius 3 is 2.33 bits per heavy atom. The first-order chi connectivity index (χ1) is 9.81. The van der Waals surface area contributed by atoms with E-state index in [1.807, 2.05) is 0 Å². The molecular weight excluding hydrogens is 289 g/mol. The molecule has 2 aromatic rings. The third kappa shape index (κ3) is 2.88. The van der Waals surface area contributed by atoms with Crippen molar-refractivity contribution in [1.82, 2.24) is 10.1 Å². The number of carboxylic acids is 1. The molecule has 0 amide bonds. The van der Waals surface area contributed by atoms with E-state index in [1.54, 1.807) is 6.92 Å². The van der Waals surface area contributed by atoms with Gasteiger partial charge in [-0.3, -0.25) is 4.79 Å². The number of carbonyl (C=O) groups is 1. The van der Waals surface area contributed by atoms with Crippen LogP contribution in [0.3, 0.4) is 0 Å². The Labute approximate surface area is 117 Å². The van der Waals surface area contributed by atoms with Crippen LogP contribution in [0.4, 0.5) is 13.2 Å². The largest absolute Gasteiger partial charge is 0.481 e. The van der Waals surface area contributed by atoms with Crippen molar-refractivity contribution < 1.29 is 27.6 Å². The van der Waals surface area contributed by atoms with E-state index in [-0.39, 0.29) is 17.3 Å². The van der Waals surface area contributed by atoms with Gasteiger partial charge in [0.25, 0.3) is 0 Å². The maximum atomic E-state index is 13.1. The number of halogens is 3. The van der Waals surface area contributed by atoms with Crippen LogP contribution >= 0.6 is 0 Å². The molecule has 0 radical (unpaired) electrons. The standard InChI is InChI=1S/C13H11F3N2O3/c1-5(6(2)13(19)20)12-17-11(18-21-12)7-3-8(14)10(16)9(15)4-7/h3-6H,1-2H3,(H,19,20). The Bertz CT molecular complexity index is 664. The lowest BCUT2D eigenvalue weighted by Gasteiger charge is -2.10. The number of aromatic nitrogens is 2. The van der Waals surface area contributed by atoms with Gasteiger partial charge in [0.15, 0.2) is 17.5 Å². The van der Waals surface area contributed by atoms with Crippen molar-refractivity contribution in [3.8, 4) is 11.4 Å². The third-order valence-corrected chi connectivity index (χ3v) is 3.21. The lowest BCUT2D eigenvalue weighted by Crippen LogP contribution is -2.16. The smallest absolute Gasteiger partial charge is 0.307 e. The molecule has 1 heterocycles. The summed E-state index contributed by atoms with van der Waals surface area (Å²) in [7, 11) is 0. The normalized spacial score (nSPS) is 14.0. The minimum Gasteiger partial charge on any atom is -0.481 e. The Morgan fingerprint density at radius 2 is 1.81 bits per heavy atom. The number of aliphatic carboxylic acids is 1. The summed E-state index contributed by atoms with van der Waals surface area (Å²) in [4.78, 5) is 14.8. The van der Waals surface area contributed by atoms with Crippen LogP contribution < -0.4 is 0 Å².